The van der Waals surface area contributed by atoms with E-state index in [2.05, 4.69) is 6.07 Å². The van der Waals surface area contributed by atoms with Crippen LogP contribution in [0.4, 0.5) is 0 Å². The van der Waals surface area contributed by atoms with Gasteiger partial charge in [0.05, 0.1) is 7.11 Å². The molecular formula is C17H15ClO2. The first-order valence-electron chi connectivity index (χ1n) is 6.46. The molecule has 0 bridgehead atoms. The number of halogens is 1. The molecule has 0 saturated heterocycles. The molecule has 0 radical (unpaired) electrons. The van der Waals surface area contributed by atoms with Gasteiger partial charge in [0.15, 0.2) is 0 Å². The van der Waals surface area contributed by atoms with E-state index < -0.39 is 0 Å². The number of ether oxygens (including phenoxy) is 1. The maximum atomic E-state index is 6.58. The fraction of sp³-hybridized carbons (Fsp3) is 0.176. The van der Waals surface area contributed by atoms with Gasteiger partial charge in [0.1, 0.15) is 22.6 Å². The number of aryl methyl sites for hydroxylation is 1. The van der Waals surface area contributed by atoms with Crippen LogP contribution in [0.25, 0.3) is 10.8 Å². The van der Waals surface area contributed by atoms with Crippen LogP contribution in [0.3, 0.4) is 0 Å². The van der Waals surface area contributed by atoms with E-state index in [1.165, 1.54) is 0 Å². The summed E-state index contributed by atoms with van der Waals surface area (Å²) in [6.45, 7) is 1.92. The molecule has 1 atom stereocenters. The topological polar surface area (TPSA) is 22.4 Å². The Bertz CT molecular complexity index is 746. The maximum Gasteiger partial charge on any atom is 0.126 e. The number of furan rings is 1. The highest BCUT2D eigenvalue weighted by molar-refractivity contribution is 6.23. The lowest BCUT2D eigenvalue weighted by molar-refractivity contribution is 0.419. The molecule has 0 fully saturated rings. The van der Waals surface area contributed by atoms with Crippen LogP contribution in [0.1, 0.15) is 22.5 Å². The average molecular weight is 287 g/mol. The molecule has 0 N–H and O–H groups in total. The van der Waals surface area contributed by atoms with Gasteiger partial charge >= 0.3 is 0 Å². The minimum atomic E-state index is -0.306. The first-order chi connectivity index (χ1) is 9.70. The van der Waals surface area contributed by atoms with Crippen LogP contribution in [-0.4, -0.2) is 7.11 Å². The van der Waals surface area contributed by atoms with Crippen molar-refractivity contribution in [3.8, 4) is 5.75 Å². The van der Waals surface area contributed by atoms with Crippen LogP contribution >= 0.6 is 11.6 Å². The Morgan fingerprint density at radius 3 is 2.40 bits per heavy atom. The predicted molar refractivity (Wildman–Crippen MR) is 81.6 cm³/mol. The van der Waals surface area contributed by atoms with Crippen LogP contribution in [0.15, 0.2) is 52.9 Å². The number of hydrogen-bond acceptors (Lipinski definition) is 2. The van der Waals surface area contributed by atoms with Gasteiger partial charge in [-0.3, -0.25) is 0 Å². The standard InChI is InChI=1S/C17H15ClO2/c1-11-7-9-16(20-11)17(18)14-8-10-15(19-2)13-6-4-3-5-12(13)14/h3-10,17H,1-2H3. The summed E-state index contributed by atoms with van der Waals surface area (Å²) in [6.07, 6.45) is 0. The fourth-order valence-corrected chi connectivity index (χ4v) is 2.74. The van der Waals surface area contributed by atoms with Crippen molar-refractivity contribution in [2.75, 3.05) is 7.11 Å². The van der Waals surface area contributed by atoms with Crippen molar-refractivity contribution in [1.29, 1.82) is 0 Å². The minimum absolute atomic E-state index is 0.306. The van der Waals surface area contributed by atoms with E-state index in [-0.39, 0.29) is 5.38 Å². The van der Waals surface area contributed by atoms with E-state index in [1.54, 1.807) is 7.11 Å². The molecule has 2 aromatic carbocycles. The zero-order valence-corrected chi connectivity index (χ0v) is 12.1. The van der Waals surface area contributed by atoms with E-state index in [0.717, 1.165) is 33.6 Å². The van der Waals surface area contributed by atoms with Crippen LogP contribution in [0.2, 0.25) is 0 Å². The summed E-state index contributed by atoms with van der Waals surface area (Å²) < 4.78 is 11.0. The van der Waals surface area contributed by atoms with Gasteiger partial charge in [0.2, 0.25) is 0 Å². The van der Waals surface area contributed by atoms with Gasteiger partial charge in [-0.05, 0) is 36.1 Å². The second-order valence-electron chi connectivity index (χ2n) is 4.71. The van der Waals surface area contributed by atoms with Crippen molar-refractivity contribution in [1.82, 2.24) is 0 Å². The molecule has 2 nitrogen and oxygen atoms in total. The summed E-state index contributed by atoms with van der Waals surface area (Å²) in [6, 6.07) is 15.9. The third kappa shape index (κ3) is 2.16. The van der Waals surface area contributed by atoms with Crippen molar-refractivity contribution in [2.24, 2.45) is 0 Å². The molecule has 1 heterocycles. The van der Waals surface area contributed by atoms with Crippen molar-refractivity contribution < 1.29 is 9.15 Å². The quantitative estimate of drug-likeness (QED) is 0.627. The normalized spacial score (nSPS) is 12.6. The Morgan fingerprint density at radius 1 is 1.00 bits per heavy atom. The highest BCUT2D eigenvalue weighted by atomic mass is 35.5. The maximum absolute atomic E-state index is 6.58. The Morgan fingerprint density at radius 2 is 1.75 bits per heavy atom. The number of fused-ring (bicyclic) bond motifs is 1. The van der Waals surface area contributed by atoms with E-state index in [9.17, 15) is 0 Å². The van der Waals surface area contributed by atoms with Crippen LogP contribution in [0.5, 0.6) is 5.75 Å². The van der Waals surface area contributed by atoms with Crippen LogP contribution in [-0.2, 0) is 0 Å². The fourth-order valence-electron chi connectivity index (χ4n) is 2.44. The highest BCUT2D eigenvalue weighted by Crippen LogP contribution is 2.37. The summed E-state index contributed by atoms with van der Waals surface area (Å²) in [5, 5.41) is 1.84. The molecular weight excluding hydrogens is 272 g/mol. The lowest BCUT2D eigenvalue weighted by Gasteiger charge is -2.13. The summed E-state index contributed by atoms with van der Waals surface area (Å²) in [5.41, 5.74) is 1.03. The number of benzene rings is 2. The van der Waals surface area contributed by atoms with Crippen LogP contribution in [0, 0.1) is 6.92 Å². The van der Waals surface area contributed by atoms with Gasteiger partial charge in [-0.15, -0.1) is 11.6 Å². The molecule has 0 aliphatic carbocycles. The molecule has 0 aliphatic heterocycles. The average Bonchev–Trinajstić information content (AvgIpc) is 2.92. The predicted octanol–water partition coefficient (Wildman–Crippen LogP) is 5.08. The van der Waals surface area contributed by atoms with E-state index >= 15 is 0 Å². The third-order valence-corrected chi connectivity index (χ3v) is 3.87. The molecule has 0 spiro atoms. The lowest BCUT2D eigenvalue weighted by atomic mass is 10.00. The van der Waals surface area contributed by atoms with Gasteiger partial charge in [-0.2, -0.15) is 0 Å². The lowest BCUT2D eigenvalue weighted by Crippen LogP contribution is -1.95. The number of alkyl halides is 1. The zero-order chi connectivity index (χ0) is 14.1. The van der Waals surface area contributed by atoms with E-state index in [1.807, 2.05) is 49.4 Å². The van der Waals surface area contributed by atoms with Crippen molar-refractivity contribution >= 4 is 22.4 Å². The highest BCUT2D eigenvalue weighted by Gasteiger charge is 2.18. The van der Waals surface area contributed by atoms with E-state index in [4.69, 9.17) is 20.8 Å². The Labute approximate surface area is 122 Å². The molecule has 0 saturated carbocycles. The monoisotopic (exact) mass is 286 g/mol. The molecule has 0 amide bonds. The van der Waals surface area contributed by atoms with Gasteiger partial charge in [-0.1, -0.05) is 30.3 Å². The number of methoxy groups -OCH3 is 1. The second kappa shape index (κ2) is 5.22. The van der Waals surface area contributed by atoms with Gasteiger partial charge < -0.3 is 9.15 Å². The van der Waals surface area contributed by atoms with Gasteiger partial charge in [-0.25, -0.2) is 0 Å². The van der Waals surface area contributed by atoms with Gasteiger partial charge in [0, 0.05) is 5.39 Å². The zero-order valence-electron chi connectivity index (χ0n) is 11.4. The molecule has 1 aromatic heterocycles. The van der Waals surface area contributed by atoms with Crippen molar-refractivity contribution in [3.05, 3.63) is 65.6 Å². The molecule has 3 rings (SSSR count). The minimum Gasteiger partial charge on any atom is -0.496 e. The van der Waals surface area contributed by atoms with Crippen molar-refractivity contribution in [3.63, 3.8) is 0 Å². The molecule has 0 aliphatic rings. The molecule has 20 heavy (non-hydrogen) atoms. The first-order valence-corrected chi connectivity index (χ1v) is 6.90. The summed E-state index contributed by atoms with van der Waals surface area (Å²) >= 11 is 6.58. The van der Waals surface area contributed by atoms with E-state index in [0.29, 0.717) is 0 Å². The Kier molecular flexibility index (Phi) is 3.41. The molecule has 3 heteroatoms. The summed E-state index contributed by atoms with van der Waals surface area (Å²) in [5.74, 6) is 2.48. The SMILES string of the molecule is COc1ccc(C(Cl)c2ccc(C)o2)c2ccccc12. The summed E-state index contributed by atoms with van der Waals surface area (Å²) in [7, 11) is 1.68. The van der Waals surface area contributed by atoms with Crippen molar-refractivity contribution in [2.45, 2.75) is 12.3 Å². The smallest absolute Gasteiger partial charge is 0.126 e. The number of hydrogen-bond donors (Lipinski definition) is 0. The summed E-state index contributed by atoms with van der Waals surface area (Å²) in [4.78, 5) is 0. The van der Waals surface area contributed by atoms with Gasteiger partial charge in [0.25, 0.3) is 0 Å². The molecule has 3 aromatic rings. The first kappa shape index (κ1) is 13.1. The largest absolute Gasteiger partial charge is 0.496 e. The second-order valence-corrected chi connectivity index (χ2v) is 5.15. The number of rotatable bonds is 3. The Hall–Kier alpha value is -1.93. The third-order valence-electron chi connectivity index (χ3n) is 3.42. The Balaban J connectivity index is 2.17. The molecule has 1 unspecified atom stereocenters. The van der Waals surface area contributed by atoms with Crippen LogP contribution < -0.4 is 4.74 Å². The molecule has 102 valence electrons.